The van der Waals surface area contributed by atoms with E-state index in [1.54, 1.807) is 4.90 Å². The summed E-state index contributed by atoms with van der Waals surface area (Å²) >= 11 is 0. The summed E-state index contributed by atoms with van der Waals surface area (Å²) in [6, 6.07) is 7.90. The number of aryl methyl sites for hydroxylation is 1. The molecule has 4 heteroatoms. The first kappa shape index (κ1) is 13.1. The Labute approximate surface area is 108 Å². The minimum Gasteiger partial charge on any atom is -0.375 e. The fraction of sp³-hybridized carbons (Fsp3) is 0.500. The second-order valence-electron chi connectivity index (χ2n) is 4.64. The highest BCUT2D eigenvalue weighted by Gasteiger charge is 2.20. The Hall–Kier alpha value is -1.39. The molecule has 0 aromatic heterocycles. The molecule has 4 nitrogen and oxygen atoms in total. The molecule has 1 heterocycles. The normalized spacial score (nSPS) is 19.6. The third-order valence-electron chi connectivity index (χ3n) is 3.26. The zero-order chi connectivity index (χ0) is 13.0. The first-order chi connectivity index (χ1) is 8.68. The van der Waals surface area contributed by atoms with Crippen LogP contribution < -0.4 is 10.2 Å². The number of anilines is 1. The highest BCUT2D eigenvalue weighted by molar-refractivity contribution is 5.93. The summed E-state index contributed by atoms with van der Waals surface area (Å²) in [4.78, 5) is 13.9. The Bertz CT molecular complexity index is 414. The lowest BCUT2D eigenvalue weighted by molar-refractivity contribution is -0.121. The molecule has 1 saturated heterocycles. The standard InChI is InChI=1S/C14H20N2O2/c1-11-5-3-4-6-13(11)16(2)14(17)9-12-10-15-7-8-18-12/h3-6,12,15H,7-10H2,1-2H3. The molecule has 1 fully saturated rings. The first-order valence-electron chi connectivity index (χ1n) is 6.33. The minimum absolute atomic E-state index is 0.00211. The number of benzene rings is 1. The Kier molecular flexibility index (Phi) is 4.33. The number of carbonyl (C=O) groups is 1. The van der Waals surface area contributed by atoms with Gasteiger partial charge in [-0.1, -0.05) is 18.2 Å². The molecule has 0 radical (unpaired) electrons. The predicted molar refractivity (Wildman–Crippen MR) is 71.8 cm³/mol. The van der Waals surface area contributed by atoms with Gasteiger partial charge >= 0.3 is 0 Å². The van der Waals surface area contributed by atoms with Crippen molar-refractivity contribution in [3.8, 4) is 0 Å². The van der Waals surface area contributed by atoms with Crippen LogP contribution in [-0.4, -0.2) is 38.8 Å². The summed E-state index contributed by atoms with van der Waals surface area (Å²) in [5, 5.41) is 3.23. The van der Waals surface area contributed by atoms with E-state index in [9.17, 15) is 4.79 Å². The van der Waals surface area contributed by atoms with E-state index in [1.165, 1.54) is 0 Å². The fourth-order valence-corrected chi connectivity index (χ4v) is 2.16. The second-order valence-corrected chi connectivity index (χ2v) is 4.64. The van der Waals surface area contributed by atoms with Gasteiger partial charge < -0.3 is 15.0 Å². The molecule has 1 N–H and O–H groups in total. The predicted octanol–water partition coefficient (Wildman–Crippen LogP) is 1.34. The maximum atomic E-state index is 12.2. The van der Waals surface area contributed by atoms with Crippen molar-refractivity contribution in [3.63, 3.8) is 0 Å². The van der Waals surface area contributed by atoms with Gasteiger partial charge in [0.05, 0.1) is 19.1 Å². The van der Waals surface area contributed by atoms with Gasteiger partial charge in [-0.15, -0.1) is 0 Å². The Morgan fingerprint density at radius 1 is 1.50 bits per heavy atom. The number of para-hydroxylation sites is 1. The molecule has 1 amide bonds. The monoisotopic (exact) mass is 248 g/mol. The number of amides is 1. The molecule has 0 aliphatic carbocycles. The molecule has 98 valence electrons. The molecule has 1 aliphatic rings. The summed E-state index contributed by atoms with van der Waals surface area (Å²) in [7, 11) is 1.82. The van der Waals surface area contributed by atoms with Crippen LogP contribution >= 0.6 is 0 Å². The number of hydrogen-bond acceptors (Lipinski definition) is 3. The van der Waals surface area contributed by atoms with Gasteiger partial charge in [0, 0.05) is 25.8 Å². The van der Waals surface area contributed by atoms with Crippen LogP contribution in [0.1, 0.15) is 12.0 Å². The summed E-state index contributed by atoms with van der Waals surface area (Å²) in [5.41, 5.74) is 2.07. The largest absolute Gasteiger partial charge is 0.375 e. The third-order valence-corrected chi connectivity index (χ3v) is 3.26. The molecule has 1 aromatic carbocycles. The van der Waals surface area contributed by atoms with E-state index in [4.69, 9.17) is 4.74 Å². The molecule has 0 bridgehead atoms. The Morgan fingerprint density at radius 2 is 2.28 bits per heavy atom. The number of carbonyl (C=O) groups excluding carboxylic acids is 1. The third kappa shape index (κ3) is 3.09. The zero-order valence-electron chi connectivity index (χ0n) is 11.0. The van der Waals surface area contributed by atoms with E-state index >= 15 is 0 Å². The van der Waals surface area contributed by atoms with Gasteiger partial charge in [0.1, 0.15) is 0 Å². The van der Waals surface area contributed by atoms with Gasteiger partial charge in [-0.2, -0.15) is 0 Å². The van der Waals surface area contributed by atoms with Crippen molar-refractivity contribution in [1.29, 1.82) is 0 Å². The van der Waals surface area contributed by atoms with Crippen LogP contribution in [0, 0.1) is 6.92 Å². The average molecular weight is 248 g/mol. The van der Waals surface area contributed by atoms with Crippen molar-refractivity contribution in [3.05, 3.63) is 29.8 Å². The lowest BCUT2D eigenvalue weighted by Gasteiger charge is -2.26. The highest BCUT2D eigenvalue weighted by Crippen LogP contribution is 2.19. The molecule has 18 heavy (non-hydrogen) atoms. The summed E-state index contributed by atoms with van der Waals surface area (Å²) in [5.74, 6) is 0.0954. The highest BCUT2D eigenvalue weighted by atomic mass is 16.5. The van der Waals surface area contributed by atoms with Crippen molar-refractivity contribution in [1.82, 2.24) is 5.32 Å². The second kappa shape index (κ2) is 5.98. The van der Waals surface area contributed by atoms with Crippen LogP contribution in [0.2, 0.25) is 0 Å². The van der Waals surface area contributed by atoms with E-state index in [2.05, 4.69) is 5.32 Å². The Balaban J connectivity index is 1.98. The average Bonchev–Trinajstić information content (AvgIpc) is 2.39. The lowest BCUT2D eigenvalue weighted by atomic mass is 10.1. The van der Waals surface area contributed by atoms with E-state index < -0.39 is 0 Å². The molecule has 2 rings (SSSR count). The van der Waals surface area contributed by atoms with Crippen molar-refractivity contribution in [2.45, 2.75) is 19.4 Å². The number of morpholine rings is 1. The number of hydrogen-bond donors (Lipinski definition) is 1. The molecule has 1 unspecified atom stereocenters. The van der Waals surface area contributed by atoms with Crippen LogP contribution in [0.25, 0.3) is 0 Å². The maximum Gasteiger partial charge on any atom is 0.229 e. The van der Waals surface area contributed by atoms with Gasteiger partial charge in [-0.05, 0) is 18.6 Å². The van der Waals surface area contributed by atoms with Crippen LogP contribution in [0.15, 0.2) is 24.3 Å². The molecule has 1 aliphatic heterocycles. The first-order valence-corrected chi connectivity index (χ1v) is 6.33. The van der Waals surface area contributed by atoms with E-state index in [-0.39, 0.29) is 12.0 Å². The molecule has 0 spiro atoms. The van der Waals surface area contributed by atoms with Crippen molar-refractivity contribution in [2.75, 3.05) is 31.6 Å². The van der Waals surface area contributed by atoms with Gasteiger partial charge in [0.2, 0.25) is 5.91 Å². The van der Waals surface area contributed by atoms with Crippen molar-refractivity contribution >= 4 is 11.6 Å². The molecule has 0 saturated carbocycles. The molecular formula is C14H20N2O2. The quantitative estimate of drug-likeness (QED) is 0.877. The van der Waals surface area contributed by atoms with Gasteiger partial charge in [0.15, 0.2) is 0 Å². The number of nitrogens with zero attached hydrogens (tertiary/aromatic N) is 1. The van der Waals surface area contributed by atoms with Crippen molar-refractivity contribution in [2.24, 2.45) is 0 Å². The van der Waals surface area contributed by atoms with E-state index in [1.807, 2.05) is 38.2 Å². The van der Waals surface area contributed by atoms with E-state index in [0.717, 1.165) is 24.3 Å². The molecular weight excluding hydrogens is 228 g/mol. The van der Waals surface area contributed by atoms with Gasteiger partial charge in [-0.3, -0.25) is 4.79 Å². The van der Waals surface area contributed by atoms with Gasteiger partial charge in [0.25, 0.3) is 0 Å². The van der Waals surface area contributed by atoms with Crippen molar-refractivity contribution < 1.29 is 9.53 Å². The van der Waals surface area contributed by atoms with E-state index in [0.29, 0.717) is 13.0 Å². The maximum absolute atomic E-state index is 12.2. The van der Waals surface area contributed by atoms with Crippen LogP contribution in [0.5, 0.6) is 0 Å². The summed E-state index contributed by atoms with van der Waals surface area (Å²) in [6.07, 6.45) is 0.426. The van der Waals surface area contributed by atoms with Crippen LogP contribution in [0.3, 0.4) is 0 Å². The smallest absolute Gasteiger partial charge is 0.229 e. The molecule has 1 aromatic rings. The topological polar surface area (TPSA) is 41.6 Å². The lowest BCUT2D eigenvalue weighted by Crippen LogP contribution is -2.41. The van der Waals surface area contributed by atoms with Gasteiger partial charge in [-0.25, -0.2) is 0 Å². The SMILES string of the molecule is Cc1ccccc1N(C)C(=O)CC1CNCCO1. The fourth-order valence-electron chi connectivity index (χ4n) is 2.16. The number of nitrogens with one attached hydrogen (secondary N) is 1. The number of rotatable bonds is 3. The number of ether oxygens (including phenoxy) is 1. The summed E-state index contributed by atoms with van der Waals surface area (Å²) < 4.78 is 5.55. The summed E-state index contributed by atoms with van der Waals surface area (Å²) in [6.45, 7) is 4.33. The minimum atomic E-state index is -0.00211. The van der Waals surface area contributed by atoms with Crippen LogP contribution in [0.4, 0.5) is 5.69 Å². The zero-order valence-corrected chi connectivity index (χ0v) is 11.0. The Morgan fingerprint density at radius 3 is 2.94 bits per heavy atom. The molecule has 1 atom stereocenters. The van der Waals surface area contributed by atoms with Crippen LogP contribution in [-0.2, 0) is 9.53 Å².